The number of hydrogen-bond donors (Lipinski definition) is 4. The molecule has 50 heavy (non-hydrogen) atoms. The molecule has 4 aliphatic rings. The minimum atomic E-state index is -3.44. The second kappa shape index (κ2) is 15.5. The number of carbonyl (C=O) groups excluding carboxylic acids is 5. The van der Waals surface area contributed by atoms with Crippen molar-refractivity contribution in [1.82, 2.24) is 26.2 Å². The van der Waals surface area contributed by atoms with Gasteiger partial charge in [0.25, 0.3) is 5.91 Å². The quantitative estimate of drug-likeness (QED) is 0.122. The van der Waals surface area contributed by atoms with Gasteiger partial charge in [-0.1, -0.05) is 72.8 Å². The van der Waals surface area contributed by atoms with Crippen molar-refractivity contribution in [2.24, 2.45) is 22.7 Å². The zero-order valence-electron chi connectivity index (χ0n) is 30.4. The SMILES string of the molecule is C#CCCC(NC(=O)[C@@H]1C2[C@@H](CN1C(=O)[C@@H](NC(=O)NC1(CS(=O)(=O)C3CCCC3)CCCCC1)C(C)(C)C)C2(C)C)C(=O)C(=O)NCC=C. The highest BCUT2D eigenvalue weighted by molar-refractivity contribution is 7.92. The van der Waals surface area contributed by atoms with Gasteiger partial charge in [-0.05, 0) is 54.8 Å². The van der Waals surface area contributed by atoms with E-state index < -0.39 is 68.5 Å². The average Bonchev–Trinajstić information content (AvgIpc) is 3.51. The lowest BCUT2D eigenvalue weighted by molar-refractivity contribution is -0.145. The number of Topliss-reactive ketones (excluding diaryl/α,β-unsaturated/α-hetero) is 1. The summed E-state index contributed by atoms with van der Waals surface area (Å²) < 4.78 is 26.9. The predicted octanol–water partition coefficient (Wildman–Crippen LogP) is 3.01. The number of amides is 5. The normalized spacial score (nSPS) is 25.3. The van der Waals surface area contributed by atoms with Crippen molar-refractivity contribution < 1.29 is 32.4 Å². The number of urea groups is 1. The monoisotopic (exact) mass is 715 g/mol. The van der Waals surface area contributed by atoms with E-state index in [0.29, 0.717) is 25.7 Å². The Labute approximate surface area is 298 Å². The third-order valence-electron chi connectivity index (χ3n) is 11.5. The van der Waals surface area contributed by atoms with Crippen molar-refractivity contribution in [3.8, 4) is 12.3 Å². The molecule has 0 aromatic rings. The number of terminal acetylenes is 1. The van der Waals surface area contributed by atoms with Gasteiger partial charge in [-0.15, -0.1) is 18.9 Å². The van der Waals surface area contributed by atoms with E-state index in [1.54, 1.807) is 0 Å². The molecule has 2 unspecified atom stereocenters. The molecule has 4 rings (SSSR count). The predicted molar refractivity (Wildman–Crippen MR) is 191 cm³/mol. The number of nitrogens with one attached hydrogen (secondary N) is 4. The number of nitrogens with zero attached hydrogens (tertiary/aromatic N) is 1. The van der Waals surface area contributed by atoms with Gasteiger partial charge >= 0.3 is 6.03 Å². The van der Waals surface area contributed by atoms with E-state index in [1.165, 1.54) is 11.0 Å². The Bertz CT molecular complexity index is 1480. The number of ketones is 1. The van der Waals surface area contributed by atoms with E-state index in [-0.39, 0.29) is 54.2 Å². The molecular weight excluding hydrogens is 659 g/mol. The number of piperidine rings is 1. The molecule has 1 aliphatic heterocycles. The first-order valence-corrected chi connectivity index (χ1v) is 19.9. The molecule has 0 spiro atoms. The van der Waals surface area contributed by atoms with Crippen LogP contribution >= 0.6 is 0 Å². The maximum absolute atomic E-state index is 14.5. The summed E-state index contributed by atoms with van der Waals surface area (Å²) in [6.45, 7) is 13.4. The Kier molecular flexibility index (Phi) is 12.2. The number of carbonyl (C=O) groups is 5. The van der Waals surface area contributed by atoms with Gasteiger partial charge in [0.15, 0.2) is 9.84 Å². The van der Waals surface area contributed by atoms with Crippen LogP contribution in [0.1, 0.15) is 105 Å². The molecule has 3 saturated carbocycles. The van der Waals surface area contributed by atoms with Gasteiger partial charge in [-0.2, -0.15) is 0 Å². The van der Waals surface area contributed by atoms with Crippen LogP contribution in [0.15, 0.2) is 12.7 Å². The van der Waals surface area contributed by atoms with Crippen LogP contribution in [0.5, 0.6) is 0 Å². The Hall–Kier alpha value is -3.40. The van der Waals surface area contributed by atoms with Gasteiger partial charge in [-0.3, -0.25) is 19.2 Å². The van der Waals surface area contributed by atoms with E-state index in [1.807, 2.05) is 34.6 Å². The number of sulfone groups is 1. The Morgan fingerprint density at radius 3 is 2.24 bits per heavy atom. The van der Waals surface area contributed by atoms with Crippen LogP contribution in [0, 0.1) is 35.0 Å². The molecule has 12 nitrogen and oxygen atoms in total. The molecule has 13 heteroatoms. The summed E-state index contributed by atoms with van der Waals surface area (Å²) in [4.78, 5) is 69.3. The van der Waals surface area contributed by atoms with Crippen LogP contribution in [0.4, 0.5) is 4.79 Å². The minimum absolute atomic E-state index is 0.0266. The molecule has 0 aromatic heterocycles. The molecule has 0 aromatic carbocycles. The van der Waals surface area contributed by atoms with Gasteiger partial charge in [0, 0.05) is 19.5 Å². The Morgan fingerprint density at radius 2 is 1.66 bits per heavy atom. The van der Waals surface area contributed by atoms with E-state index in [9.17, 15) is 32.4 Å². The lowest BCUT2D eigenvalue weighted by Crippen LogP contribution is -2.64. The molecule has 0 radical (unpaired) electrons. The third kappa shape index (κ3) is 8.72. The van der Waals surface area contributed by atoms with Crippen LogP contribution in [0.3, 0.4) is 0 Å². The highest BCUT2D eigenvalue weighted by atomic mass is 32.2. The van der Waals surface area contributed by atoms with Crippen LogP contribution in [-0.4, -0.2) is 90.6 Å². The Morgan fingerprint density at radius 1 is 1.02 bits per heavy atom. The first-order valence-electron chi connectivity index (χ1n) is 18.2. The number of fused-ring (bicyclic) bond motifs is 1. The smallest absolute Gasteiger partial charge is 0.315 e. The van der Waals surface area contributed by atoms with Crippen molar-refractivity contribution in [3.05, 3.63) is 12.7 Å². The van der Waals surface area contributed by atoms with Crippen molar-refractivity contribution in [2.45, 2.75) is 134 Å². The highest BCUT2D eigenvalue weighted by Gasteiger charge is 2.70. The van der Waals surface area contributed by atoms with Crippen molar-refractivity contribution in [3.63, 3.8) is 0 Å². The van der Waals surface area contributed by atoms with Gasteiger partial charge in [0.05, 0.1) is 22.6 Å². The lowest BCUT2D eigenvalue weighted by Gasteiger charge is -2.41. The van der Waals surface area contributed by atoms with Crippen molar-refractivity contribution in [1.29, 1.82) is 0 Å². The van der Waals surface area contributed by atoms with Gasteiger partial charge in [0.2, 0.25) is 17.6 Å². The standard InChI is InChI=1S/C37H57N5O7S/c1-8-10-18-26(29(43)32(45)38-21-9-2)39-31(44)28-27-25(36(27,6)7)22-42(28)33(46)30(35(3,4)5)40-34(47)41-37(19-14-11-15-20-37)23-50(48,49)24-16-12-13-17-24/h1,9,24-28,30H,2,10-23H2,3-7H3,(H,38,45)(H,39,44)(H2,40,41,47)/t25-,26?,27?,28+,30-/m1/s1. The van der Waals surface area contributed by atoms with E-state index >= 15 is 0 Å². The van der Waals surface area contributed by atoms with Crippen LogP contribution in [-0.2, 0) is 29.0 Å². The number of likely N-dealkylation sites (tertiary alicyclic amines) is 1. The molecule has 1 saturated heterocycles. The summed E-state index contributed by atoms with van der Waals surface area (Å²) in [7, 11) is -3.44. The summed E-state index contributed by atoms with van der Waals surface area (Å²) in [6.07, 6.45) is 13.8. The third-order valence-corrected chi connectivity index (χ3v) is 13.9. The highest BCUT2D eigenvalue weighted by Crippen LogP contribution is 2.65. The summed E-state index contributed by atoms with van der Waals surface area (Å²) in [6, 6.07) is -3.78. The summed E-state index contributed by atoms with van der Waals surface area (Å²) in [5.41, 5.74) is -1.94. The van der Waals surface area contributed by atoms with Crippen molar-refractivity contribution >= 4 is 39.4 Å². The lowest BCUT2D eigenvalue weighted by atomic mass is 9.83. The van der Waals surface area contributed by atoms with Gasteiger partial charge < -0.3 is 26.2 Å². The van der Waals surface area contributed by atoms with Crippen LogP contribution in [0.25, 0.3) is 0 Å². The largest absolute Gasteiger partial charge is 0.346 e. The summed E-state index contributed by atoms with van der Waals surface area (Å²) in [5.74, 6) is -0.543. The topological polar surface area (TPSA) is 171 Å². The fourth-order valence-corrected chi connectivity index (χ4v) is 10.9. The molecule has 5 atom stereocenters. The van der Waals surface area contributed by atoms with Crippen molar-refractivity contribution in [2.75, 3.05) is 18.8 Å². The average molecular weight is 716 g/mol. The number of hydrogen-bond acceptors (Lipinski definition) is 7. The second-order valence-electron chi connectivity index (χ2n) is 16.5. The maximum atomic E-state index is 14.5. The molecule has 4 fully saturated rings. The second-order valence-corrected chi connectivity index (χ2v) is 18.8. The van der Waals surface area contributed by atoms with Gasteiger partial charge in [0.1, 0.15) is 12.1 Å². The molecular formula is C37H57N5O7S. The van der Waals surface area contributed by atoms with E-state index in [0.717, 1.165) is 32.1 Å². The van der Waals surface area contributed by atoms with Crippen LogP contribution < -0.4 is 21.3 Å². The molecule has 5 amide bonds. The number of rotatable bonds is 14. The van der Waals surface area contributed by atoms with Gasteiger partial charge in [-0.25, -0.2) is 13.2 Å². The minimum Gasteiger partial charge on any atom is -0.346 e. The molecule has 1 heterocycles. The molecule has 0 bridgehead atoms. The fourth-order valence-electron chi connectivity index (χ4n) is 8.48. The molecule has 4 N–H and O–H groups in total. The maximum Gasteiger partial charge on any atom is 0.315 e. The molecule has 278 valence electrons. The fraction of sp³-hybridized carbons (Fsp3) is 0.757. The zero-order chi connectivity index (χ0) is 37.1. The summed E-state index contributed by atoms with van der Waals surface area (Å²) >= 11 is 0. The first kappa shape index (κ1) is 39.4. The first-order chi connectivity index (χ1) is 23.4. The van der Waals surface area contributed by atoms with E-state index in [4.69, 9.17) is 6.42 Å². The van der Waals surface area contributed by atoms with Crippen LogP contribution in [0.2, 0.25) is 0 Å². The van der Waals surface area contributed by atoms with E-state index in [2.05, 4.69) is 33.8 Å². The zero-order valence-corrected chi connectivity index (χ0v) is 31.3. The summed E-state index contributed by atoms with van der Waals surface area (Å²) in [5, 5.41) is 10.7. The molecule has 3 aliphatic carbocycles. The Balaban J connectivity index is 1.54.